The number of benzene rings is 2. The third-order valence-electron chi connectivity index (χ3n) is 12.0. The van der Waals surface area contributed by atoms with Gasteiger partial charge in [-0.05, 0) is 78.8 Å². The van der Waals surface area contributed by atoms with Gasteiger partial charge in [0, 0.05) is 33.1 Å². The molecule has 2 aromatic heterocycles. The van der Waals surface area contributed by atoms with E-state index in [2.05, 4.69) is 0 Å². The standard InChI is InChI=1S/C40H28F4N2O4S2/c41-23-11-17-18(12-24(23)42)32(48)21(31(17)47)15-27-45-37-36(52-27)30-29(39(37)7-3-1-4-8-39)35-38(40(30)9-5-2-6-10-40)46-28(51-35)16-22-33(49)19-13-25(43)26(44)14-20(19)34(22)50/h11-16,31,47H,1-10H2/b21-15-. The highest BCUT2D eigenvalue weighted by Gasteiger charge is 2.60. The van der Waals surface area contributed by atoms with Gasteiger partial charge in [0.1, 0.15) is 16.1 Å². The maximum Gasteiger partial charge on any atom is 0.197 e. The number of hydrogen-bond donors (Lipinski definition) is 1. The summed E-state index contributed by atoms with van der Waals surface area (Å²) in [6.07, 6.45) is 11.2. The number of rotatable bonds is 2. The smallest absolute Gasteiger partial charge is 0.197 e. The van der Waals surface area contributed by atoms with E-state index in [1.54, 1.807) is 6.08 Å². The zero-order valence-electron chi connectivity index (χ0n) is 27.5. The SMILES string of the molecule is O=C1C(=Cc2nc3c(s2)C2=C(c4sc(/C=C5\C(=O)c6cc(F)c(F)cc6C5O)nc4C24CCCCC4)C32CCCCC2)C(=O)c2cc(F)c(F)cc21. The van der Waals surface area contributed by atoms with E-state index in [0.717, 1.165) is 110 Å². The van der Waals surface area contributed by atoms with Crippen LogP contribution in [0.5, 0.6) is 0 Å². The van der Waals surface area contributed by atoms with Gasteiger partial charge < -0.3 is 5.11 Å². The fraction of sp³-hybridized carbons (Fsp3) is 0.325. The number of hydrogen-bond acceptors (Lipinski definition) is 8. The van der Waals surface area contributed by atoms with E-state index in [1.807, 2.05) is 0 Å². The van der Waals surface area contributed by atoms with Crippen LogP contribution in [0.15, 0.2) is 35.4 Å². The number of Topliss-reactive ketones (excluding diaryl/α,β-unsaturated/α-hetero) is 3. The van der Waals surface area contributed by atoms with Gasteiger partial charge in [-0.3, -0.25) is 14.4 Å². The average molecular weight is 741 g/mol. The van der Waals surface area contributed by atoms with Crippen molar-refractivity contribution in [2.75, 3.05) is 0 Å². The molecule has 262 valence electrons. The molecule has 1 atom stereocenters. The second-order valence-electron chi connectivity index (χ2n) is 14.7. The van der Waals surface area contributed by atoms with Crippen molar-refractivity contribution in [2.45, 2.75) is 81.1 Å². The molecule has 0 amide bonds. The van der Waals surface area contributed by atoms with Crippen LogP contribution in [-0.2, 0) is 10.8 Å². The Morgan fingerprint density at radius 3 is 1.56 bits per heavy atom. The lowest BCUT2D eigenvalue weighted by molar-refractivity contribution is 0.0986. The molecule has 2 spiro atoms. The van der Waals surface area contributed by atoms with Crippen LogP contribution in [0.2, 0.25) is 0 Å². The Morgan fingerprint density at radius 1 is 0.615 bits per heavy atom. The van der Waals surface area contributed by atoms with Crippen LogP contribution in [0.3, 0.4) is 0 Å². The minimum Gasteiger partial charge on any atom is -0.383 e. The highest BCUT2D eigenvalue weighted by molar-refractivity contribution is 7.15. The summed E-state index contributed by atoms with van der Waals surface area (Å²) in [6, 6.07) is 3.28. The predicted molar refractivity (Wildman–Crippen MR) is 187 cm³/mol. The van der Waals surface area contributed by atoms with Crippen LogP contribution >= 0.6 is 22.7 Å². The van der Waals surface area contributed by atoms with Crippen molar-refractivity contribution in [3.63, 3.8) is 0 Å². The van der Waals surface area contributed by atoms with Crippen LogP contribution in [0, 0.1) is 23.3 Å². The fourth-order valence-corrected chi connectivity index (χ4v) is 12.3. The van der Waals surface area contributed by atoms with Crippen LogP contribution in [-0.4, -0.2) is 32.4 Å². The van der Waals surface area contributed by atoms with Crippen molar-refractivity contribution in [2.24, 2.45) is 0 Å². The molecule has 2 fully saturated rings. The number of thiazole rings is 2. The van der Waals surface area contributed by atoms with Crippen LogP contribution in [0.4, 0.5) is 17.6 Å². The Kier molecular flexibility index (Phi) is 6.87. The molecule has 6 aliphatic rings. The van der Waals surface area contributed by atoms with Crippen LogP contribution < -0.4 is 0 Å². The minimum absolute atomic E-state index is 0.0280. The number of carbonyl (C=O) groups is 3. The monoisotopic (exact) mass is 740 g/mol. The molecule has 0 radical (unpaired) electrons. The summed E-state index contributed by atoms with van der Waals surface area (Å²) in [4.78, 5) is 52.3. The summed E-state index contributed by atoms with van der Waals surface area (Å²) in [7, 11) is 0. The molecule has 6 aliphatic carbocycles. The van der Waals surface area contributed by atoms with E-state index in [-0.39, 0.29) is 33.4 Å². The van der Waals surface area contributed by atoms with E-state index >= 15 is 0 Å². The number of ketones is 3. The number of allylic oxidation sites excluding steroid dienone is 3. The summed E-state index contributed by atoms with van der Waals surface area (Å²) in [6.45, 7) is 0. The van der Waals surface area contributed by atoms with Gasteiger partial charge in [-0.15, -0.1) is 22.7 Å². The number of nitrogens with zero attached hydrogens (tertiary/aromatic N) is 2. The number of carbonyl (C=O) groups excluding carboxylic acids is 3. The Labute approximate surface area is 302 Å². The number of aliphatic hydroxyl groups is 1. The molecule has 0 saturated heterocycles. The van der Waals surface area contributed by atoms with Crippen molar-refractivity contribution in [3.8, 4) is 0 Å². The van der Waals surface area contributed by atoms with Crippen LogP contribution in [0.25, 0.3) is 23.3 Å². The average Bonchev–Trinajstić information content (AvgIpc) is 3.94. The Bertz CT molecular complexity index is 2420. The van der Waals surface area contributed by atoms with E-state index in [9.17, 15) is 37.1 Å². The molecule has 1 N–H and O–H groups in total. The van der Waals surface area contributed by atoms with Crippen molar-refractivity contribution >= 4 is 63.3 Å². The summed E-state index contributed by atoms with van der Waals surface area (Å²) in [5, 5.41) is 12.1. The lowest BCUT2D eigenvalue weighted by Gasteiger charge is -2.35. The number of halogens is 4. The van der Waals surface area contributed by atoms with E-state index in [1.165, 1.54) is 39.9 Å². The first-order chi connectivity index (χ1) is 25.0. The third-order valence-corrected chi connectivity index (χ3v) is 14.1. The zero-order valence-corrected chi connectivity index (χ0v) is 29.1. The van der Waals surface area contributed by atoms with Gasteiger partial charge in [0.2, 0.25) is 0 Å². The molecule has 6 nitrogen and oxygen atoms in total. The molecule has 2 aromatic carbocycles. The Balaban J connectivity index is 1.11. The first-order valence-corrected chi connectivity index (χ1v) is 19.2. The van der Waals surface area contributed by atoms with Gasteiger partial charge in [-0.25, -0.2) is 27.5 Å². The Hall–Kier alpha value is -4.39. The quantitative estimate of drug-likeness (QED) is 0.125. The minimum atomic E-state index is -1.40. The number of aromatic nitrogens is 2. The summed E-state index contributed by atoms with van der Waals surface area (Å²) < 4.78 is 56.2. The molecule has 0 aliphatic heterocycles. The summed E-state index contributed by atoms with van der Waals surface area (Å²) in [5.74, 6) is -6.50. The molecule has 1 unspecified atom stereocenters. The second kappa shape index (κ2) is 11.1. The molecule has 12 heteroatoms. The predicted octanol–water partition coefficient (Wildman–Crippen LogP) is 9.27. The summed E-state index contributed by atoms with van der Waals surface area (Å²) in [5.41, 5.74) is 3.03. The maximum absolute atomic E-state index is 14.1. The molecule has 0 bridgehead atoms. The van der Waals surface area contributed by atoms with E-state index < -0.39 is 57.6 Å². The third kappa shape index (κ3) is 4.17. The molecular weight excluding hydrogens is 713 g/mol. The second-order valence-corrected chi connectivity index (χ2v) is 16.8. The fourth-order valence-electron chi connectivity index (χ4n) is 9.73. The van der Waals surface area contributed by atoms with Gasteiger partial charge in [0.05, 0.1) is 26.7 Å². The first-order valence-electron chi connectivity index (χ1n) is 17.5. The van der Waals surface area contributed by atoms with E-state index in [4.69, 9.17) is 9.97 Å². The molecular formula is C40H28F4N2O4S2. The van der Waals surface area contributed by atoms with Crippen molar-refractivity contribution < 1.29 is 37.1 Å². The zero-order chi connectivity index (χ0) is 35.8. The Morgan fingerprint density at radius 2 is 1.06 bits per heavy atom. The largest absolute Gasteiger partial charge is 0.383 e. The van der Waals surface area contributed by atoms with Gasteiger partial charge in [-0.1, -0.05) is 38.5 Å². The lowest BCUT2D eigenvalue weighted by Crippen LogP contribution is -2.29. The molecule has 52 heavy (non-hydrogen) atoms. The molecule has 4 aromatic rings. The normalized spacial score (nSPS) is 22.9. The van der Waals surface area contributed by atoms with Crippen molar-refractivity contribution in [1.29, 1.82) is 0 Å². The highest BCUT2D eigenvalue weighted by atomic mass is 32.1. The van der Waals surface area contributed by atoms with Crippen molar-refractivity contribution in [1.82, 2.24) is 9.97 Å². The topological polar surface area (TPSA) is 97.2 Å². The number of fused-ring (bicyclic) bond motifs is 10. The number of aliphatic hydroxyl groups excluding tert-OH is 1. The highest BCUT2D eigenvalue weighted by Crippen LogP contribution is 2.70. The van der Waals surface area contributed by atoms with Gasteiger partial charge in [0.25, 0.3) is 0 Å². The lowest BCUT2D eigenvalue weighted by atomic mass is 9.68. The van der Waals surface area contributed by atoms with Crippen molar-refractivity contribution in [3.05, 3.63) is 112 Å². The molecule has 2 saturated carbocycles. The van der Waals surface area contributed by atoms with Gasteiger partial charge in [0.15, 0.2) is 40.6 Å². The van der Waals surface area contributed by atoms with Crippen LogP contribution in [0.1, 0.15) is 138 Å². The van der Waals surface area contributed by atoms with Gasteiger partial charge in [-0.2, -0.15) is 0 Å². The molecule has 2 heterocycles. The molecule has 10 rings (SSSR count). The first kappa shape index (κ1) is 32.3. The van der Waals surface area contributed by atoms with Gasteiger partial charge >= 0.3 is 0 Å². The summed E-state index contributed by atoms with van der Waals surface area (Å²) >= 11 is 2.91. The maximum atomic E-state index is 14.1. The van der Waals surface area contributed by atoms with E-state index in [0.29, 0.717) is 10.0 Å².